The van der Waals surface area contributed by atoms with Gasteiger partial charge in [0.1, 0.15) is 12.1 Å². The number of aromatic nitrogens is 2. The van der Waals surface area contributed by atoms with Crippen molar-refractivity contribution in [3.05, 3.63) is 54.5 Å². The Kier molecular flexibility index (Phi) is 5.01. The van der Waals surface area contributed by atoms with Crippen LogP contribution >= 0.6 is 0 Å². The minimum atomic E-state index is 0.541. The molecule has 1 unspecified atom stereocenters. The van der Waals surface area contributed by atoms with Crippen LogP contribution in [0, 0.1) is 0 Å². The normalized spacial score (nSPS) is 19.0. The zero-order chi connectivity index (χ0) is 15.2. The van der Waals surface area contributed by atoms with E-state index in [4.69, 9.17) is 0 Å². The van der Waals surface area contributed by atoms with Gasteiger partial charge in [-0.2, -0.15) is 0 Å². The molecule has 1 aliphatic rings. The van der Waals surface area contributed by atoms with Crippen LogP contribution in [0.3, 0.4) is 0 Å². The highest BCUT2D eigenvalue weighted by molar-refractivity contribution is 5.37. The SMILES string of the molecule is CN(c1ccncn1)C1CCCN(CCc2ccccc2)C1. The topological polar surface area (TPSA) is 32.3 Å². The van der Waals surface area contributed by atoms with Crippen LogP contribution in [0.1, 0.15) is 18.4 Å². The van der Waals surface area contributed by atoms with Crippen molar-refractivity contribution in [2.75, 3.05) is 31.6 Å². The van der Waals surface area contributed by atoms with Crippen molar-refractivity contribution < 1.29 is 0 Å². The van der Waals surface area contributed by atoms with E-state index >= 15 is 0 Å². The molecule has 1 aromatic heterocycles. The highest BCUT2D eigenvalue weighted by Gasteiger charge is 2.23. The van der Waals surface area contributed by atoms with Gasteiger partial charge in [0.05, 0.1) is 0 Å². The van der Waals surface area contributed by atoms with Crippen LogP contribution in [0.15, 0.2) is 48.9 Å². The van der Waals surface area contributed by atoms with Crippen molar-refractivity contribution in [1.29, 1.82) is 0 Å². The van der Waals surface area contributed by atoms with Crippen molar-refractivity contribution in [2.45, 2.75) is 25.3 Å². The summed E-state index contributed by atoms with van der Waals surface area (Å²) >= 11 is 0. The first-order valence-corrected chi connectivity index (χ1v) is 8.08. The number of likely N-dealkylation sites (tertiary alicyclic amines) is 1. The predicted molar refractivity (Wildman–Crippen MR) is 90.0 cm³/mol. The molecule has 116 valence electrons. The van der Waals surface area contributed by atoms with E-state index in [1.807, 2.05) is 12.3 Å². The fourth-order valence-electron chi connectivity index (χ4n) is 3.16. The molecule has 2 aromatic rings. The van der Waals surface area contributed by atoms with Crippen molar-refractivity contribution >= 4 is 5.82 Å². The number of anilines is 1. The molecule has 0 spiro atoms. The molecule has 0 aliphatic carbocycles. The van der Waals surface area contributed by atoms with E-state index in [9.17, 15) is 0 Å². The van der Waals surface area contributed by atoms with Gasteiger partial charge >= 0.3 is 0 Å². The van der Waals surface area contributed by atoms with Crippen LogP contribution < -0.4 is 4.90 Å². The number of piperidine rings is 1. The standard InChI is InChI=1S/C18H24N4/c1-21(18-9-11-19-15-20-18)17-8-5-12-22(14-17)13-10-16-6-3-2-4-7-16/h2-4,6-7,9,11,15,17H,5,8,10,12-14H2,1H3. The van der Waals surface area contributed by atoms with E-state index in [1.54, 1.807) is 6.33 Å². The van der Waals surface area contributed by atoms with Crippen LogP contribution in [-0.2, 0) is 6.42 Å². The smallest absolute Gasteiger partial charge is 0.131 e. The third kappa shape index (κ3) is 3.83. The van der Waals surface area contributed by atoms with Crippen LogP contribution in [0.5, 0.6) is 0 Å². The molecule has 4 nitrogen and oxygen atoms in total. The van der Waals surface area contributed by atoms with E-state index in [-0.39, 0.29) is 0 Å². The number of nitrogens with zero attached hydrogens (tertiary/aromatic N) is 4. The summed E-state index contributed by atoms with van der Waals surface area (Å²) in [5, 5.41) is 0. The van der Waals surface area contributed by atoms with Gasteiger partial charge in [0, 0.05) is 32.4 Å². The summed E-state index contributed by atoms with van der Waals surface area (Å²) in [6, 6.07) is 13.3. The Morgan fingerprint density at radius 1 is 1.23 bits per heavy atom. The molecular weight excluding hydrogens is 272 g/mol. The largest absolute Gasteiger partial charge is 0.355 e. The van der Waals surface area contributed by atoms with Crippen LogP contribution in [0.25, 0.3) is 0 Å². The fraction of sp³-hybridized carbons (Fsp3) is 0.444. The fourth-order valence-corrected chi connectivity index (χ4v) is 3.16. The molecule has 4 heteroatoms. The maximum Gasteiger partial charge on any atom is 0.131 e. The zero-order valence-corrected chi connectivity index (χ0v) is 13.2. The van der Waals surface area contributed by atoms with Crippen LogP contribution in [0.4, 0.5) is 5.82 Å². The Balaban J connectivity index is 1.55. The van der Waals surface area contributed by atoms with Crippen molar-refractivity contribution in [3.63, 3.8) is 0 Å². The molecule has 0 N–H and O–H groups in total. The molecule has 2 heterocycles. The molecule has 22 heavy (non-hydrogen) atoms. The van der Waals surface area contributed by atoms with Crippen molar-refractivity contribution in [3.8, 4) is 0 Å². The predicted octanol–water partition coefficient (Wildman–Crippen LogP) is 2.62. The molecule has 1 aliphatic heterocycles. The number of hydrogen-bond acceptors (Lipinski definition) is 4. The average molecular weight is 296 g/mol. The Morgan fingerprint density at radius 2 is 2.09 bits per heavy atom. The molecule has 3 rings (SSSR count). The van der Waals surface area contributed by atoms with Gasteiger partial charge in [-0.25, -0.2) is 9.97 Å². The first kappa shape index (κ1) is 15.0. The molecule has 0 radical (unpaired) electrons. The van der Waals surface area contributed by atoms with Gasteiger partial charge in [-0.05, 0) is 37.4 Å². The Hall–Kier alpha value is -1.94. The Labute approximate surface area is 132 Å². The zero-order valence-electron chi connectivity index (χ0n) is 13.2. The van der Waals surface area contributed by atoms with Crippen LogP contribution in [-0.4, -0.2) is 47.6 Å². The van der Waals surface area contributed by atoms with E-state index < -0.39 is 0 Å². The van der Waals surface area contributed by atoms with Crippen LogP contribution in [0.2, 0.25) is 0 Å². The van der Waals surface area contributed by atoms with Gasteiger partial charge in [0.25, 0.3) is 0 Å². The third-order valence-electron chi connectivity index (χ3n) is 4.52. The van der Waals surface area contributed by atoms with E-state index in [1.165, 1.54) is 24.9 Å². The van der Waals surface area contributed by atoms with Gasteiger partial charge in [-0.1, -0.05) is 30.3 Å². The summed E-state index contributed by atoms with van der Waals surface area (Å²) < 4.78 is 0. The van der Waals surface area contributed by atoms with Gasteiger partial charge in [-0.3, -0.25) is 0 Å². The number of rotatable bonds is 5. The summed E-state index contributed by atoms with van der Waals surface area (Å²) in [7, 11) is 2.15. The summed E-state index contributed by atoms with van der Waals surface area (Å²) in [5.41, 5.74) is 1.42. The van der Waals surface area contributed by atoms with E-state index in [0.717, 1.165) is 25.3 Å². The Bertz CT molecular complexity index is 558. The lowest BCUT2D eigenvalue weighted by molar-refractivity contribution is 0.208. The molecule has 0 saturated carbocycles. The monoisotopic (exact) mass is 296 g/mol. The first-order chi connectivity index (χ1) is 10.8. The van der Waals surface area contributed by atoms with E-state index in [0.29, 0.717) is 6.04 Å². The summed E-state index contributed by atoms with van der Waals surface area (Å²) in [6.45, 7) is 3.46. The molecule has 1 aromatic carbocycles. The van der Waals surface area contributed by atoms with Gasteiger partial charge in [0.15, 0.2) is 0 Å². The second-order valence-corrected chi connectivity index (χ2v) is 6.01. The number of hydrogen-bond donors (Lipinski definition) is 0. The minimum absolute atomic E-state index is 0.541. The summed E-state index contributed by atoms with van der Waals surface area (Å²) in [6.07, 6.45) is 7.07. The summed E-state index contributed by atoms with van der Waals surface area (Å²) in [5.74, 6) is 1.02. The van der Waals surface area contributed by atoms with Gasteiger partial charge < -0.3 is 9.80 Å². The molecular formula is C18H24N4. The number of likely N-dealkylation sites (N-methyl/N-ethyl adjacent to an activating group) is 1. The number of benzene rings is 1. The molecule has 0 bridgehead atoms. The first-order valence-electron chi connectivity index (χ1n) is 8.08. The average Bonchev–Trinajstić information content (AvgIpc) is 2.61. The van der Waals surface area contributed by atoms with E-state index in [2.05, 4.69) is 57.1 Å². The molecule has 1 saturated heterocycles. The van der Waals surface area contributed by atoms with Gasteiger partial charge in [-0.15, -0.1) is 0 Å². The second kappa shape index (κ2) is 7.36. The minimum Gasteiger partial charge on any atom is -0.355 e. The lowest BCUT2D eigenvalue weighted by Gasteiger charge is -2.38. The lowest BCUT2D eigenvalue weighted by Crippen LogP contribution is -2.47. The lowest BCUT2D eigenvalue weighted by atomic mass is 10.0. The second-order valence-electron chi connectivity index (χ2n) is 6.01. The highest BCUT2D eigenvalue weighted by atomic mass is 15.2. The molecule has 1 fully saturated rings. The van der Waals surface area contributed by atoms with Gasteiger partial charge in [0.2, 0.25) is 0 Å². The maximum absolute atomic E-state index is 4.37. The van der Waals surface area contributed by atoms with Crippen molar-refractivity contribution in [1.82, 2.24) is 14.9 Å². The highest BCUT2D eigenvalue weighted by Crippen LogP contribution is 2.19. The molecule has 1 atom stereocenters. The maximum atomic E-state index is 4.37. The Morgan fingerprint density at radius 3 is 2.86 bits per heavy atom. The van der Waals surface area contributed by atoms with Crippen molar-refractivity contribution in [2.24, 2.45) is 0 Å². The summed E-state index contributed by atoms with van der Waals surface area (Å²) in [4.78, 5) is 13.3. The third-order valence-corrected chi connectivity index (χ3v) is 4.52. The molecule has 0 amide bonds. The quantitative estimate of drug-likeness (QED) is 0.849.